The van der Waals surface area contributed by atoms with Crippen molar-refractivity contribution in [1.29, 1.82) is 0 Å². The molecule has 0 saturated heterocycles. The highest BCUT2D eigenvalue weighted by molar-refractivity contribution is 6.31. The van der Waals surface area contributed by atoms with Gasteiger partial charge in [0.25, 0.3) is 0 Å². The molecule has 1 N–H and O–H groups in total. The molecule has 0 amide bonds. The third kappa shape index (κ3) is 2.80. The topological polar surface area (TPSA) is 37.3 Å². The SMILES string of the molecule is O=C(O)c1ccc(C2CCC(F)(F)CC2)c(Cl)c1. The zero-order chi connectivity index (χ0) is 13.3. The second-order valence-electron chi connectivity index (χ2n) is 4.67. The second kappa shape index (κ2) is 4.84. The largest absolute Gasteiger partial charge is 0.478 e. The lowest BCUT2D eigenvalue weighted by molar-refractivity contribution is -0.0382. The number of alkyl halides is 2. The molecule has 0 bridgehead atoms. The second-order valence-corrected chi connectivity index (χ2v) is 5.08. The molecule has 2 rings (SSSR count). The first-order chi connectivity index (χ1) is 8.39. The third-order valence-corrected chi connectivity index (χ3v) is 3.73. The zero-order valence-electron chi connectivity index (χ0n) is 9.63. The van der Waals surface area contributed by atoms with Gasteiger partial charge in [-0.25, -0.2) is 13.6 Å². The van der Waals surface area contributed by atoms with Crippen LogP contribution in [0.1, 0.15) is 47.5 Å². The van der Waals surface area contributed by atoms with Crippen molar-refractivity contribution in [3.8, 4) is 0 Å². The Morgan fingerprint density at radius 1 is 1.33 bits per heavy atom. The van der Waals surface area contributed by atoms with E-state index >= 15 is 0 Å². The molecule has 0 spiro atoms. The number of carbonyl (C=O) groups is 1. The predicted molar refractivity (Wildman–Crippen MR) is 64.6 cm³/mol. The van der Waals surface area contributed by atoms with Crippen LogP contribution in [-0.2, 0) is 0 Å². The van der Waals surface area contributed by atoms with Crippen molar-refractivity contribution in [3.05, 3.63) is 34.3 Å². The number of aromatic carboxylic acids is 1. The van der Waals surface area contributed by atoms with E-state index in [2.05, 4.69) is 0 Å². The summed E-state index contributed by atoms with van der Waals surface area (Å²) in [5.74, 6) is -3.61. The molecule has 0 aliphatic heterocycles. The fourth-order valence-corrected chi connectivity index (χ4v) is 2.68. The molecule has 1 aromatic carbocycles. The van der Waals surface area contributed by atoms with Gasteiger partial charge in [0.15, 0.2) is 0 Å². The first-order valence-corrected chi connectivity index (χ1v) is 6.17. The number of rotatable bonds is 2. The number of benzene rings is 1. The van der Waals surface area contributed by atoms with E-state index in [-0.39, 0.29) is 24.3 Å². The Kier molecular flexibility index (Phi) is 3.57. The lowest BCUT2D eigenvalue weighted by Crippen LogP contribution is -2.23. The van der Waals surface area contributed by atoms with Gasteiger partial charge < -0.3 is 5.11 Å². The molecule has 1 aliphatic rings. The van der Waals surface area contributed by atoms with E-state index in [4.69, 9.17) is 16.7 Å². The van der Waals surface area contributed by atoms with Crippen LogP contribution < -0.4 is 0 Å². The Balaban J connectivity index is 2.17. The van der Waals surface area contributed by atoms with Gasteiger partial charge in [-0.1, -0.05) is 17.7 Å². The van der Waals surface area contributed by atoms with Crippen molar-refractivity contribution in [1.82, 2.24) is 0 Å². The smallest absolute Gasteiger partial charge is 0.335 e. The minimum atomic E-state index is -2.57. The fraction of sp³-hybridized carbons (Fsp3) is 0.462. The van der Waals surface area contributed by atoms with Crippen LogP contribution in [0.2, 0.25) is 5.02 Å². The van der Waals surface area contributed by atoms with Gasteiger partial charge in [0.1, 0.15) is 0 Å². The predicted octanol–water partition coefficient (Wildman–Crippen LogP) is 4.33. The van der Waals surface area contributed by atoms with Crippen LogP contribution in [-0.4, -0.2) is 17.0 Å². The van der Waals surface area contributed by atoms with Gasteiger partial charge >= 0.3 is 5.97 Å². The van der Waals surface area contributed by atoms with Crippen molar-refractivity contribution < 1.29 is 18.7 Å². The summed E-state index contributed by atoms with van der Waals surface area (Å²) in [6, 6.07) is 4.49. The minimum Gasteiger partial charge on any atom is -0.478 e. The maximum Gasteiger partial charge on any atom is 0.335 e. The Labute approximate surface area is 109 Å². The van der Waals surface area contributed by atoms with Crippen molar-refractivity contribution in [2.24, 2.45) is 0 Å². The highest BCUT2D eigenvalue weighted by Crippen LogP contribution is 2.42. The number of carboxylic acids is 1. The quantitative estimate of drug-likeness (QED) is 0.871. The molecular formula is C13H13ClF2O2. The van der Waals surface area contributed by atoms with Crippen molar-refractivity contribution in [2.75, 3.05) is 0 Å². The molecule has 18 heavy (non-hydrogen) atoms. The number of halogens is 3. The molecule has 2 nitrogen and oxygen atoms in total. The van der Waals surface area contributed by atoms with Gasteiger partial charge in [0.05, 0.1) is 5.56 Å². The molecule has 1 fully saturated rings. The summed E-state index contributed by atoms with van der Waals surface area (Å²) in [5, 5.41) is 9.17. The van der Waals surface area contributed by atoms with E-state index < -0.39 is 11.9 Å². The normalized spacial score (nSPS) is 19.7. The molecule has 1 saturated carbocycles. The Morgan fingerprint density at radius 2 is 1.94 bits per heavy atom. The average molecular weight is 275 g/mol. The van der Waals surface area contributed by atoms with Gasteiger partial charge in [-0.2, -0.15) is 0 Å². The lowest BCUT2D eigenvalue weighted by atomic mass is 9.82. The van der Waals surface area contributed by atoms with E-state index in [1.807, 2.05) is 0 Å². The Bertz CT molecular complexity index is 464. The molecule has 5 heteroatoms. The summed E-state index contributed by atoms with van der Waals surface area (Å²) in [5.41, 5.74) is 0.891. The molecule has 0 unspecified atom stereocenters. The summed E-state index contributed by atoms with van der Waals surface area (Å²) in [6.45, 7) is 0. The van der Waals surface area contributed by atoms with Crippen molar-refractivity contribution >= 4 is 17.6 Å². The van der Waals surface area contributed by atoms with E-state index in [9.17, 15) is 13.6 Å². The summed E-state index contributed by atoms with van der Waals surface area (Å²) >= 11 is 6.03. The van der Waals surface area contributed by atoms with E-state index in [1.54, 1.807) is 6.07 Å². The highest BCUT2D eigenvalue weighted by Gasteiger charge is 2.35. The molecule has 98 valence electrons. The summed E-state index contributed by atoms with van der Waals surface area (Å²) in [6.07, 6.45) is 0.516. The summed E-state index contributed by atoms with van der Waals surface area (Å²) in [7, 11) is 0. The summed E-state index contributed by atoms with van der Waals surface area (Å²) < 4.78 is 26.1. The molecule has 0 heterocycles. The monoisotopic (exact) mass is 274 g/mol. The number of hydrogen-bond donors (Lipinski definition) is 1. The molecule has 0 atom stereocenters. The summed E-state index contributed by atoms with van der Waals surface area (Å²) in [4.78, 5) is 10.8. The van der Waals surface area contributed by atoms with Gasteiger partial charge in [-0.3, -0.25) is 0 Å². The first kappa shape index (κ1) is 13.3. The van der Waals surface area contributed by atoms with Crippen LogP contribution in [0.5, 0.6) is 0 Å². The van der Waals surface area contributed by atoms with Crippen molar-refractivity contribution in [2.45, 2.75) is 37.5 Å². The van der Waals surface area contributed by atoms with Crippen LogP contribution >= 0.6 is 11.6 Å². The van der Waals surface area contributed by atoms with Crippen molar-refractivity contribution in [3.63, 3.8) is 0 Å². The van der Waals surface area contributed by atoms with E-state index in [0.717, 1.165) is 5.56 Å². The standard InChI is InChI=1S/C13H13ClF2O2/c14-11-7-9(12(17)18)1-2-10(11)8-3-5-13(15,16)6-4-8/h1-2,7-8H,3-6H2,(H,17,18). The van der Waals surface area contributed by atoms with Crippen LogP contribution in [0.15, 0.2) is 18.2 Å². The van der Waals surface area contributed by atoms with Crippen LogP contribution in [0.3, 0.4) is 0 Å². The molecular weight excluding hydrogens is 262 g/mol. The molecule has 0 radical (unpaired) electrons. The van der Waals surface area contributed by atoms with Gasteiger partial charge in [-0.15, -0.1) is 0 Å². The fourth-order valence-electron chi connectivity index (χ4n) is 2.34. The molecule has 1 aromatic rings. The van der Waals surface area contributed by atoms with E-state index in [0.29, 0.717) is 17.9 Å². The van der Waals surface area contributed by atoms with Crippen LogP contribution in [0.4, 0.5) is 8.78 Å². The van der Waals surface area contributed by atoms with Gasteiger partial charge in [-0.05, 0) is 36.5 Å². The Morgan fingerprint density at radius 3 is 2.44 bits per heavy atom. The minimum absolute atomic E-state index is 0.0000279. The van der Waals surface area contributed by atoms with Crippen LogP contribution in [0, 0.1) is 0 Å². The third-order valence-electron chi connectivity index (χ3n) is 3.40. The van der Waals surface area contributed by atoms with E-state index in [1.165, 1.54) is 12.1 Å². The lowest BCUT2D eigenvalue weighted by Gasteiger charge is -2.29. The maximum absolute atomic E-state index is 13.1. The Hall–Kier alpha value is -1.16. The van der Waals surface area contributed by atoms with Gasteiger partial charge in [0, 0.05) is 17.9 Å². The highest BCUT2D eigenvalue weighted by atomic mass is 35.5. The molecule has 0 aromatic heterocycles. The zero-order valence-corrected chi connectivity index (χ0v) is 10.4. The average Bonchev–Trinajstić information content (AvgIpc) is 2.29. The van der Waals surface area contributed by atoms with Gasteiger partial charge in [0.2, 0.25) is 5.92 Å². The maximum atomic E-state index is 13.1. The molecule has 1 aliphatic carbocycles. The first-order valence-electron chi connectivity index (χ1n) is 5.79. The van der Waals surface area contributed by atoms with Crippen LogP contribution in [0.25, 0.3) is 0 Å². The number of carboxylic acid groups (broad SMARTS) is 1. The number of hydrogen-bond acceptors (Lipinski definition) is 1.